The molecule has 0 bridgehead atoms. The minimum absolute atomic E-state index is 0.107. The summed E-state index contributed by atoms with van der Waals surface area (Å²) in [6.45, 7) is 8.69. The van der Waals surface area contributed by atoms with Gasteiger partial charge in [-0.25, -0.2) is 4.98 Å². The Morgan fingerprint density at radius 2 is 2.11 bits per heavy atom. The van der Waals surface area contributed by atoms with E-state index in [4.69, 9.17) is 0 Å². The molecule has 2 aromatic rings. The molecular formula is C14H20N2S2. The van der Waals surface area contributed by atoms with E-state index in [9.17, 15) is 0 Å². The second-order valence-corrected chi connectivity index (χ2v) is 7.57. The van der Waals surface area contributed by atoms with Gasteiger partial charge in [0.15, 0.2) is 4.34 Å². The van der Waals surface area contributed by atoms with Crippen molar-refractivity contribution in [1.82, 2.24) is 9.71 Å². The van der Waals surface area contributed by atoms with E-state index >= 15 is 0 Å². The summed E-state index contributed by atoms with van der Waals surface area (Å²) in [5, 5.41) is 0. The molecule has 1 heterocycles. The number of benzene rings is 1. The Kier molecular flexibility index (Phi) is 4.30. The van der Waals surface area contributed by atoms with Gasteiger partial charge in [-0.1, -0.05) is 19.4 Å². The first kappa shape index (κ1) is 13.8. The van der Waals surface area contributed by atoms with Crippen LogP contribution < -0.4 is 4.72 Å². The van der Waals surface area contributed by atoms with Crippen LogP contribution in [-0.4, -0.2) is 10.5 Å². The Labute approximate surface area is 117 Å². The molecule has 0 amide bonds. The molecule has 2 nitrogen and oxygen atoms in total. The van der Waals surface area contributed by atoms with Crippen molar-refractivity contribution in [3.8, 4) is 0 Å². The van der Waals surface area contributed by atoms with Crippen LogP contribution >= 0.6 is 23.3 Å². The second-order valence-electron chi connectivity index (χ2n) is 5.49. The Hall–Kier alpha value is -0.580. The van der Waals surface area contributed by atoms with Gasteiger partial charge >= 0.3 is 0 Å². The summed E-state index contributed by atoms with van der Waals surface area (Å²) >= 11 is 3.40. The molecule has 1 aromatic carbocycles. The molecule has 0 aliphatic carbocycles. The molecule has 18 heavy (non-hydrogen) atoms. The van der Waals surface area contributed by atoms with E-state index in [0.717, 1.165) is 16.3 Å². The number of aryl methyl sites for hydroxylation is 1. The number of nitrogens with one attached hydrogen (secondary N) is 1. The lowest BCUT2D eigenvalue weighted by molar-refractivity contribution is 0.535. The van der Waals surface area contributed by atoms with Crippen LogP contribution in [0.5, 0.6) is 0 Å². The van der Waals surface area contributed by atoms with Crippen LogP contribution in [0.4, 0.5) is 0 Å². The minimum atomic E-state index is 0.107. The van der Waals surface area contributed by atoms with Gasteiger partial charge in [0.1, 0.15) is 0 Å². The van der Waals surface area contributed by atoms with Crippen molar-refractivity contribution in [2.24, 2.45) is 0 Å². The van der Waals surface area contributed by atoms with Gasteiger partial charge in [0.2, 0.25) is 0 Å². The first-order valence-corrected chi connectivity index (χ1v) is 7.95. The number of hydrogen-bond acceptors (Lipinski definition) is 4. The Balaban J connectivity index is 2.16. The van der Waals surface area contributed by atoms with Crippen LogP contribution in [0.3, 0.4) is 0 Å². The lowest BCUT2D eigenvalue weighted by Crippen LogP contribution is -2.29. The molecular weight excluding hydrogens is 260 g/mol. The van der Waals surface area contributed by atoms with Gasteiger partial charge in [0.25, 0.3) is 0 Å². The van der Waals surface area contributed by atoms with Crippen molar-refractivity contribution in [2.45, 2.75) is 50.4 Å². The van der Waals surface area contributed by atoms with Gasteiger partial charge in [-0.15, -0.1) is 11.3 Å². The zero-order valence-electron chi connectivity index (χ0n) is 11.4. The number of aromatic nitrogens is 1. The predicted octanol–water partition coefficient (Wildman–Crippen LogP) is 4.64. The third-order valence-electron chi connectivity index (χ3n) is 2.42. The monoisotopic (exact) mass is 280 g/mol. The van der Waals surface area contributed by atoms with Crippen molar-refractivity contribution < 1.29 is 0 Å². The standard InChI is InChI=1S/C14H20N2S2/c1-5-6-10-7-8-11-12(9-10)17-13(15-11)18-16-14(2,3)4/h7-9,16H,5-6H2,1-4H3. The summed E-state index contributed by atoms with van der Waals surface area (Å²) < 4.78 is 5.79. The fourth-order valence-corrected chi connectivity index (χ4v) is 3.49. The molecule has 4 heteroatoms. The van der Waals surface area contributed by atoms with Gasteiger partial charge < -0.3 is 0 Å². The topological polar surface area (TPSA) is 24.9 Å². The van der Waals surface area contributed by atoms with Crippen molar-refractivity contribution in [3.05, 3.63) is 23.8 Å². The maximum absolute atomic E-state index is 4.64. The molecule has 1 N–H and O–H groups in total. The molecule has 0 unspecified atom stereocenters. The Bertz CT molecular complexity index is 526. The van der Waals surface area contributed by atoms with E-state index < -0.39 is 0 Å². The molecule has 0 fully saturated rings. The molecule has 0 atom stereocenters. The normalized spacial score (nSPS) is 12.2. The highest BCUT2D eigenvalue weighted by Gasteiger charge is 2.12. The van der Waals surface area contributed by atoms with Gasteiger partial charge in [-0.05, 0) is 56.8 Å². The molecule has 98 valence electrons. The number of nitrogens with zero attached hydrogens (tertiary/aromatic N) is 1. The molecule has 0 aliphatic heterocycles. The molecule has 2 rings (SSSR count). The number of thiazole rings is 1. The third kappa shape index (κ3) is 3.70. The van der Waals surface area contributed by atoms with Crippen molar-refractivity contribution in [2.75, 3.05) is 0 Å². The predicted molar refractivity (Wildman–Crippen MR) is 82.4 cm³/mol. The van der Waals surface area contributed by atoms with Gasteiger partial charge in [-0.2, -0.15) is 0 Å². The van der Waals surface area contributed by atoms with Gasteiger partial charge in [0, 0.05) is 5.54 Å². The van der Waals surface area contributed by atoms with E-state index in [1.54, 1.807) is 23.3 Å². The first-order chi connectivity index (χ1) is 8.48. The highest BCUT2D eigenvalue weighted by molar-refractivity contribution is 7.99. The summed E-state index contributed by atoms with van der Waals surface area (Å²) in [6.07, 6.45) is 2.34. The fourth-order valence-electron chi connectivity index (χ4n) is 1.63. The summed E-state index contributed by atoms with van der Waals surface area (Å²) in [7, 11) is 0. The zero-order chi connectivity index (χ0) is 13.2. The van der Waals surface area contributed by atoms with Crippen molar-refractivity contribution >= 4 is 33.5 Å². The lowest BCUT2D eigenvalue weighted by Gasteiger charge is -2.17. The molecule has 0 aliphatic rings. The summed E-state index contributed by atoms with van der Waals surface area (Å²) in [4.78, 5) is 4.64. The van der Waals surface area contributed by atoms with Crippen LogP contribution in [0, 0.1) is 0 Å². The van der Waals surface area contributed by atoms with Crippen LogP contribution in [0.25, 0.3) is 10.2 Å². The maximum Gasteiger partial charge on any atom is 0.166 e. The van der Waals surface area contributed by atoms with Crippen molar-refractivity contribution in [3.63, 3.8) is 0 Å². The lowest BCUT2D eigenvalue weighted by atomic mass is 10.1. The maximum atomic E-state index is 4.64. The average Bonchev–Trinajstić information content (AvgIpc) is 2.68. The quantitative estimate of drug-likeness (QED) is 0.826. The number of rotatable bonds is 4. The van der Waals surface area contributed by atoms with E-state index in [1.807, 2.05) is 0 Å². The molecule has 1 aromatic heterocycles. The summed E-state index contributed by atoms with van der Waals surface area (Å²) in [6, 6.07) is 6.60. The highest BCUT2D eigenvalue weighted by atomic mass is 32.2. The van der Waals surface area contributed by atoms with Gasteiger partial charge in [-0.3, -0.25) is 4.72 Å². The fraction of sp³-hybridized carbons (Fsp3) is 0.500. The van der Waals surface area contributed by atoms with E-state index in [1.165, 1.54) is 16.7 Å². The molecule has 0 radical (unpaired) electrons. The largest absolute Gasteiger partial charge is 0.253 e. The second kappa shape index (κ2) is 5.59. The zero-order valence-corrected chi connectivity index (χ0v) is 13.0. The number of fused-ring (bicyclic) bond motifs is 1. The minimum Gasteiger partial charge on any atom is -0.253 e. The Morgan fingerprint density at radius 1 is 1.33 bits per heavy atom. The van der Waals surface area contributed by atoms with Crippen molar-refractivity contribution in [1.29, 1.82) is 0 Å². The van der Waals surface area contributed by atoms with Crippen LogP contribution in [-0.2, 0) is 6.42 Å². The van der Waals surface area contributed by atoms with E-state index in [-0.39, 0.29) is 5.54 Å². The molecule has 0 spiro atoms. The Morgan fingerprint density at radius 3 is 2.78 bits per heavy atom. The summed E-state index contributed by atoms with van der Waals surface area (Å²) in [5.74, 6) is 0. The van der Waals surface area contributed by atoms with Crippen LogP contribution in [0.1, 0.15) is 39.7 Å². The number of hydrogen-bond donors (Lipinski definition) is 1. The van der Waals surface area contributed by atoms with E-state index in [0.29, 0.717) is 0 Å². The first-order valence-electron chi connectivity index (χ1n) is 6.31. The SMILES string of the molecule is CCCc1ccc2nc(SNC(C)(C)C)sc2c1. The third-order valence-corrected chi connectivity index (χ3v) is 4.71. The highest BCUT2D eigenvalue weighted by Crippen LogP contribution is 2.30. The van der Waals surface area contributed by atoms with Gasteiger partial charge in [0.05, 0.1) is 10.2 Å². The van der Waals surface area contributed by atoms with Crippen LogP contribution in [0.2, 0.25) is 0 Å². The molecule has 0 saturated heterocycles. The van der Waals surface area contributed by atoms with E-state index in [2.05, 4.69) is 55.6 Å². The summed E-state index contributed by atoms with van der Waals surface area (Å²) in [5.41, 5.74) is 2.63. The van der Waals surface area contributed by atoms with Crippen LogP contribution in [0.15, 0.2) is 22.5 Å². The molecule has 0 saturated carbocycles. The average molecular weight is 280 g/mol. The smallest absolute Gasteiger partial charge is 0.166 e.